The van der Waals surface area contributed by atoms with Gasteiger partial charge in [0.2, 0.25) is 0 Å². The topological polar surface area (TPSA) is 71.4 Å². The number of piperidine rings is 2. The fourth-order valence-electron chi connectivity index (χ4n) is 6.62. The van der Waals surface area contributed by atoms with Crippen LogP contribution < -0.4 is 0 Å². The predicted molar refractivity (Wildman–Crippen MR) is 92.6 cm³/mol. The van der Waals surface area contributed by atoms with Crippen molar-refractivity contribution < 1.29 is 19.5 Å². The second-order valence-corrected chi connectivity index (χ2v) is 7.86. The van der Waals surface area contributed by atoms with E-state index in [2.05, 4.69) is 12.1 Å². The van der Waals surface area contributed by atoms with Crippen LogP contribution in [-0.2, 0) is 19.8 Å². The van der Waals surface area contributed by atoms with Gasteiger partial charge in [-0.2, -0.15) is 5.06 Å². The number of carbonyl (C=O) groups is 1. The predicted octanol–water partition coefficient (Wildman–Crippen LogP) is 1.71. The molecule has 2 aliphatic carbocycles. The van der Waals surface area contributed by atoms with Crippen molar-refractivity contribution in [3.8, 4) is 0 Å². The third kappa shape index (κ3) is 1.34. The first kappa shape index (κ1) is 15.1. The summed E-state index contributed by atoms with van der Waals surface area (Å²) in [4.78, 5) is 23.9. The van der Waals surface area contributed by atoms with E-state index >= 15 is 0 Å². The van der Waals surface area contributed by atoms with Gasteiger partial charge in [-0.3, -0.25) is 14.6 Å². The smallest absolute Gasteiger partial charge is 0.310 e. The average molecular weight is 352 g/mol. The standard InChI is InChI=1S/C20H20N2O4/c1-3-9-10-8-13-17-20(14(10)18(23)25-2,11-6-4-5-7-12(11)21-17)15-16(9)22(13)26-19(15)24/h3-7,10,13-16,19,24H,8H2,1-2H3/b9-3+/t10-,13+,14+,15-,16-,19+,20+/m1/s1. The molecular weight excluding hydrogens is 332 g/mol. The molecule has 0 radical (unpaired) electrons. The fraction of sp³-hybridized carbons (Fsp3) is 0.500. The van der Waals surface area contributed by atoms with Crippen molar-refractivity contribution in [1.82, 2.24) is 5.06 Å². The Kier molecular flexibility index (Phi) is 2.68. The number of aliphatic hydroxyl groups excluding tert-OH is 1. The van der Waals surface area contributed by atoms with Crippen LogP contribution in [0, 0.1) is 17.8 Å². The number of ether oxygens (including phenoxy) is 1. The third-order valence-corrected chi connectivity index (χ3v) is 7.24. The molecule has 3 saturated heterocycles. The van der Waals surface area contributed by atoms with Gasteiger partial charge in [-0.25, -0.2) is 0 Å². The first-order chi connectivity index (χ1) is 12.6. The van der Waals surface area contributed by atoms with Gasteiger partial charge >= 0.3 is 5.97 Å². The van der Waals surface area contributed by atoms with Gasteiger partial charge < -0.3 is 9.84 Å². The zero-order valence-corrected chi connectivity index (χ0v) is 14.6. The van der Waals surface area contributed by atoms with E-state index in [1.165, 1.54) is 12.7 Å². The molecular formula is C20H20N2O4. The molecule has 0 amide bonds. The Morgan fingerprint density at radius 3 is 3.04 bits per heavy atom. The van der Waals surface area contributed by atoms with E-state index in [-0.39, 0.29) is 35.8 Å². The van der Waals surface area contributed by atoms with Crippen LogP contribution in [0.2, 0.25) is 0 Å². The van der Waals surface area contributed by atoms with E-state index in [4.69, 9.17) is 14.6 Å². The van der Waals surface area contributed by atoms with Gasteiger partial charge in [0.15, 0.2) is 6.29 Å². The SMILES string of the molecule is C/C=C1\[C@H]2C[C@H]3C4=Nc5ccccc5[C@@]4([C@@H]4[C@@H]1N3O[C@@H]4O)[C@@H]2C(=O)OC. The maximum absolute atomic E-state index is 13.1. The lowest BCUT2D eigenvalue weighted by molar-refractivity contribution is -0.234. The Morgan fingerprint density at radius 2 is 2.27 bits per heavy atom. The van der Waals surface area contributed by atoms with Crippen LogP contribution in [0.5, 0.6) is 0 Å². The summed E-state index contributed by atoms with van der Waals surface area (Å²) in [6, 6.07) is 8.00. The molecule has 6 bridgehead atoms. The summed E-state index contributed by atoms with van der Waals surface area (Å²) in [6.45, 7) is 2.01. The molecule has 4 heterocycles. The van der Waals surface area contributed by atoms with E-state index in [0.717, 1.165) is 23.4 Å². The Hall–Kier alpha value is -2.02. The number of rotatable bonds is 1. The van der Waals surface area contributed by atoms with Gasteiger partial charge in [0.25, 0.3) is 0 Å². The van der Waals surface area contributed by atoms with E-state index in [9.17, 15) is 9.90 Å². The molecule has 1 unspecified atom stereocenters. The molecule has 6 nitrogen and oxygen atoms in total. The van der Waals surface area contributed by atoms with E-state index < -0.39 is 11.7 Å². The van der Waals surface area contributed by atoms with Crippen molar-refractivity contribution in [2.45, 2.75) is 37.1 Å². The second kappa shape index (κ2) is 4.63. The van der Waals surface area contributed by atoms with Crippen LogP contribution in [0.25, 0.3) is 0 Å². The van der Waals surface area contributed by atoms with Gasteiger partial charge in [0.05, 0.1) is 41.9 Å². The number of aliphatic imine (C=N–C) groups is 1. The number of hydrogen-bond acceptors (Lipinski definition) is 6. The number of carbonyl (C=O) groups excluding carboxylic acids is 1. The number of methoxy groups -OCH3 is 1. The summed E-state index contributed by atoms with van der Waals surface area (Å²) < 4.78 is 5.27. The molecule has 26 heavy (non-hydrogen) atoms. The number of hydroxylamine groups is 2. The van der Waals surface area contributed by atoms with Gasteiger partial charge in [0.1, 0.15) is 0 Å². The monoisotopic (exact) mass is 352 g/mol. The fourth-order valence-corrected chi connectivity index (χ4v) is 6.62. The summed E-state index contributed by atoms with van der Waals surface area (Å²) in [7, 11) is 1.45. The van der Waals surface area contributed by atoms with E-state index in [1.54, 1.807) is 0 Å². The zero-order chi connectivity index (χ0) is 17.8. The molecule has 6 aliphatic rings. The minimum atomic E-state index is -0.956. The number of allylic oxidation sites excluding steroid dienone is 1. The Balaban J connectivity index is 1.71. The van der Waals surface area contributed by atoms with Crippen LogP contribution in [-0.4, -0.2) is 47.3 Å². The second-order valence-electron chi connectivity index (χ2n) is 7.86. The number of fused-ring (bicyclic) bond motifs is 1. The molecule has 0 aromatic heterocycles. The van der Waals surface area contributed by atoms with Gasteiger partial charge in [-0.1, -0.05) is 29.8 Å². The van der Waals surface area contributed by atoms with Crippen molar-refractivity contribution >= 4 is 17.4 Å². The minimum Gasteiger partial charge on any atom is -0.469 e. The number of benzene rings is 1. The molecule has 8 atom stereocenters. The molecule has 7 rings (SSSR count). The highest BCUT2D eigenvalue weighted by molar-refractivity contribution is 6.10. The van der Waals surface area contributed by atoms with E-state index in [0.29, 0.717) is 0 Å². The number of hydrogen-bond donors (Lipinski definition) is 1. The third-order valence-electron chi connectivity index (χ3n) is 7.24. The number of esters is 1. The number of para-hydroxylation sites is 1. The zero-order valence-electron chi connectivity index (χ0n) is 14.6. The van der Waals surface area contributed by atoms with Crippen LogP contribution in [0.4, 0.5) is 5.69 Å². The van der Waals surface area contributed by atoms with E-state index in [1.807, 2.05) is 30.2 Å². The molecule has 134 valence electrons. The Labute approximate surface area is 151 Å². The largest absolute Gasteiger partial charge is 0.469 e. The van der Waals surface area contributed by atoms with Crippen LogP contribution in [0.15, 0.2) is 40.9 Å². The highest BCUT2D eigenvalue weighted by Crippen LogP contribution is 2.69. The highest BCUT2D eigenvalue weighted by atomic mass is 16.8. The lowest BCUT2D eigenvalue weighted by Gasteiger charge is -2.63. The summed E-state index contributed by atoms with van der Waals surface area (Å²) in [5, 5.41) is 12.8. The quantitative estimate of drug-likeness (QED) is 0.615. The molecule has 1 aromatic rings. The maximum Gasteiger partial charge on any atom is 0.310 e. The van der Waals surface area contributed by atoms with Crippen LogP contribution in [0.1, 0.15) is 18.9 Å². The van der Waals surface area contributed by atoms with Gasteiger partial charge in [-0.05, 0) is 30.9 Å². The summed E-state index contributed by atoms with van der Waals surface area (Å²) in [5.74, 6) is -0.762. The van der Waals surface area contributed by atoms with Crippen molar-refractivity contribution in [3.63, 3.8) is 0 Å². The lowest BCUT2D eigenvalue weighted by atomic mass is 9.43. The molecule has 1 spiro atoms. The molecule has 5 fully saturated rings. The molecule has 1 aromatic carbocycles. The van der Waals surface area contributed by atoms with Crippen LogP contribution >= 0.6 is 0 Å². The summed E-state index contributed by atoms with van der Waals surface area (Å²) in [5.41, 5.74) is 3.46. The normalized spacial score (nSPS) is 47.7. The first-order valence-corrected chi connectivity index (χ1v) is 9.20. The first-order valence-electron chi connectivity index (χ1n) is 9.20. The highest BCUT2D eigenvalue weighted by Gasteiger charge is 2.78. The minimum absolute atomic E-state index is 0.00425. The molecule has 6 heteroatoms. The number of nitrogens with zero attached hydrogens (tertiary/aromatic N) is 2. The van der Waals surface area contributed by atoms with Gasteiger partial charge in [-0.15, -0.1) is 0 Å². The van der Waals surface area contributed by atoms with Crippen molar-refractivity contribution in [1.29, 1.82) is 0 Å². The lowest BCUT2D eigenvalue weighted by Crippen LogP contribution is -2.74. The maximum atomic E-state index is 13.1. The Morgan fingerprint density at radius 1 is 1.46 bits per heavy atom. The van der Waals surface area contributed by atoms with Crippen molar-refractivity contribution in [2.24, 2.45) is 22.7 Å². The summed E-state index contributed by atoms with van der Waals surface area (Å²) >= 11 is 0. The average Bonchev–Trinajstić information content (AvgIpc) is 3.16. The molecule has 4 aliphatic heterocycles. The van der Waals surface area contributed by atoms with Crippen LogP contribution in [0.3, 0.4) is 0 Å². The van der Waals surface area contributed by atoms with Crippen molar-refractivity contribution in [3.05, 3.63) is 41.5 Å². The molecule has 1 N–H and O–H groups in total. The summed E-state index contributed by atoms with van der Waals surface area (Å²) in [6.07, 6.45) is 1.91. The van der Waals surface area contributed by atoms with Crippen molar-refractivity contribution in [2.75, 3.05) is 7.11 Å². The van der Waals surface area contributed by atoms with Gasteiger partial charge in [0, 0.05) is 5.92 Å². The Bertz CT molecular complexity index is 909. The molecule has 2 saturated carbocycles. The number of aliphatic hydroxyl groups is 1.